The van der Waals surface area contributed by atoms with Crippen LogP contribution in [0, 0.1) is 6.92 Å². The van der Waals surface area contributed by atoms with E-state index < -0.39 is 0 Å². The first-order valence-electron chi connectivity index (χ1n) is 6.76. The Bertz CT molecular complexity index is 459. The van der Waals surface area contributed by atoms with Crippen LogP contribution >= 0.6 is 0 Å². The summed E-state index contributed by atoms with van der Waals surface area (Å²) in [6.07, 6.45) is 3.23. The van der Waals surface area contributed by atoms with Crippen LogP contribution in [0.15, 0.2) is 18.2 Å². The maximum Gasteiger partial charge on any atom is 0.251 e. The third-order valence-corrected chi connectivity index (χ3v) is 3.81. The van der Waals surface area contributed by atoms with E-state index in [9.17, 15) is 4.79 Å². The van der Waals surface area contributed by atoms with E-state index in [-0.39, 0.29) is 11.9 Å². The van der Waals surface area contributed by atoms with Gasteiger partial charge in [0.05, 0.1) is 6.10 Å². The summed E-state index contributed by atoms with van der Waals surface area (Å²) < 4.78 is 5.32. The Balaban J connectivity index is 1.98. The number of methoxy groups -OCH3 is 1. The number of nitrogens with one attached hydrogen (secondary N) is 2. The number of benzene rings is 1. The molecule has 0 saturated heterocycles. The standard InChI is InChI=1S/C15H22N2O2/c1-10-8-11(4-7-14(10)16-2)15(18)17-12-5-6-13(9-12)19-3/h4,7-8,12-13,16H,5-6,9H2,1-3H3,(H,17,18). The molecular weight excluding hydrogens is 240 g/mol. The van der Waals surface area contributed by atoms with Gasteiger partial charge in [-0.25, -0.2) is 0 Å². The lowest BCUT2D eigenvalue weighted by Crippen LogP contribution is -2.33. The average Bonchev–Trinajstić information content (AvgIpc) is 2.86. The van der Waals surface area contributed by atoms with Gasteiger partial charge in [0.1, 0.15) is 0 Å². The monoisotopic (exact) mass is 262 g/mol. The summed E-state index contributed by atoms with van der Waals surface area (Å²) in [5.41, 5.74) is 2.85. The fraction of sp³-hybridized carbons (Fsp3) is 0.533. The van der Waals surface area contributed by atoms with Crippen LogP contribution < -0.4 is 10.6 Å². The van der Waals surface area contributed by atoms with Crippen molar-refractivity contribution in [3.63, 3.8) is 0 Å². The van der Waals surface area contributed by atoms with E-state index in [0.29, 0.717) is 6.10 Å². The number of ether oxygens (including phenoxy) is 1. The van der Waals surface area contributed by atoms with Gasteiger partial charge in [0, 0.05) is 31.5 Å². The molecule has 2 unspecified atom stereocenters. The fourth-order valence-corrected chi connectivity index (χ4v) is 2.64. The molecule has 0 radical (unpaired) electrons. The van der Waals surface area contributed by atoms with E-state index in [4.69, 9.17) is 4.74 Å². The van der Waals surface area contributed by atoms with Crippen LogP contribution in [0.3, 0.4) is 0 Å². The lowest BCUT2D eigenvalue weighted by Gasteiger charge is -2.14. The predicted octanol–water partition coefficient (Wildman–Crippen LogP) is 2.33. The van der Waals surface area contributed by atoms with Gasteiger partial charge in [-0.15, -0.1) is 0 Å². The average molecular weight is 262 g/mol. The van der Waals surface area contributed by atoms with E-state index in [1.54, 1.807) is 7.11 Å². The number of hydrogen-bond acceptors (Lipinski definition) is 3. The Kier molecular flexibility index (Phi) is 4.43. The van der Waals surface area contributed by atoms with Gasteiger partial charge in [0.2, 0.25) is 0 Å². The van der Waals surface area contributed by atoms with Gasteiger partial charge in [-0.05, 0) is 49.9 Å². The molecule has 1 amide bonds. The maximum absolute atomic E-state index is 12.2. The lowest BCUT2D eigenvalue weighted by molar-refractivity contribution is 0.0915. The minimum atomic E-state index is 0.00695. The van der Waals surface area contributed by atoms with Gasteiger partial charge >= 0.3 is 0 Å². The summed E-state index contributed by atoms with van der Waals surface area (Å²) in [5, 5.41) is 6.18. The highest BCUT2D eigenvalue weighted by molar-refractivity contribution is 5.95. The molecule has 2 N–H and O–H groups in total. The summed E-state index contributed by atoms with van der Waals surface area (Å²) in [5.74, 6) is 0.00695. The molecule has 19 heavy (non-hydrogen) atoms. The Morgan fingerprint density at radius 2 is 2.16 bits per heavy atom. The topological polar surface area (TPSA) is 50.4 Å². The lowest BCUT2D eigenvalue weighted by atomic mass is 10.1. The Morgan fingerprint density at radius 3 is 2.74 bits per heavy atom. The van der Waals surface area contributed by atoms with Crippen molar-refractivity contribution >= 4 is 11.6 Å². The number of carbonyl (C=O) groups excluding carboxylic acids is 1. The van der Waals surface area contributed by atoms with Crippen LogP contribution in [0.5, 0.6) is 0 Å². The molecule has 1 aliphatic rings. The summed E-state index contributed by atoms with van der Waals surface area (Å²) in [6.45, 7) is 2.00. The zero-order valence-corrected chi connectivity index (χ0v) is 11.8. The van der Waals surface area contributed by atoms with Crippen LogP contribution in [0.4, 0.5) is 5.69 Å². The minimum Gasteiger partial charge on any atom is -0.388 e. The van der Waals surface area contributed by atoms with Gasteiger partial charge in [0.15, 0.2) is 0 Å². The number of hydrogen-bond donors (Lipinski definition) is 2. The molecule has 0 bridgehead atoms. The molecule has 104 valence electrons. The van der Waals surface area contributed by atoms with Crippen molar-refractivity contribution in [3.8, 4) is 0 Å². The minimum absolute atomic E-state index is 0.00695. The smallest absolute Gasteiger partial charge is 0.251 e. The van der Waals surface area contributed by atoms with Crippen LogP contribution in [0.1, 0.15) is 35.2 Å². The summed E-state index contributed by atoms with van der Waals surface area (Å²) >= 11 is 0. The zero-order valence-electron chi connectivity index (χ0n) is 11.8. The van der Waals surface area contributed by atoms with E-state index in [1.807, 2.05) is 32.2 Å². The summed E-state index contributed by atoms with van der Waals surface area (Å²) in [7, 11) is 3.61. The fourth-order valence-electron chi connectivity index (χ4n) is 2.64. The van der Waals surface area contributed by atoms with E-state index in [1.165, 1.54) is 0 Å². The van der Waals surface area contributed by atoms with Gasteiger partial charge < -0.3 is 15.4 Å². The molecule has 0 spiro atoms. The van der Waals surface area contributed by atoms with Gasteiger partial charge in [-0.1, -0.05) is 0 Å². The molecule has 4 heteroatoms. The second-order valence-electron chi connectivity index (χ2n) is 5.12. The molecule has 4 nitrogen and oxygen atoms in total. The van der Waals surface area contributed by atoms with Crippen molar-refractivity contribution in [2.24, 2.45) is 0 Å². The van der Waals surface area contributed by atoms with Crippen LogP contribution in [0.2, 0.25) is 0 Å². The second kappa shape index (κ2) is 6.06. The molecular formula is C15H22N2O2. The molecule has 0 heterocycles. The highest BCUT2D eigenvalue weighted by atomic mass is 16.5. The van der Waals surface area contributed by atoms with E-state index in [2.05, 4.69) is 10.6 Å². The SMILES string of the molecule is CNc1ccc(C(=O)NC2CCC(OC)C2)cc1C. The molecule has 1 aliphatic carbocycles. The molecule has 0 aliphatic heterocycles. The van der Waals surface area contributed by atoms with E-state index >= 15 is 0 Å². The second-order valence-corrected chi connectivity index (χ2v) is 5.12. The third-order valence-electron chi connectivity index (χ3n) is 3.81. The van der Waals surface area contributed by atoms with Crippen molar-refractivity contribution in [2.45, 2.75) is 38.3 Å². The first-order valence-corrected chi connectivity index (χ1v) is 6.76. The molecule has 1 aromatic rings. The number of amides is 1. The van der Waals surface area contributed by atoms with Crippen LogP contribution in [-0.4, -0.2) is 32.2 Å². The van der Waals surface area contributed by atoms with Gasteiger partial charge in [0.25, 0.3) is 5.91 Å². The molecule has 2 rings (SSSR count). The van der Waals surface area contributed by atoms with Crippen LogP contribution in [0.25, 0.3) is 0 Å². The number of carbonyl (C=O) groups is 1. The molecule has 2 atom stereocenters. The molecule has 0 aromatic heterocycles. The number of anilines is 1. The Morgan fingerprint density at radius 1 is 1.37 bits per heavy atom. The Labute approximate surface area is 114 Å². The summed E-state index contributed by atoms with van der Waals surface area (Å²) in [4.78, 5) is 12.2. The summed E-state index contributed by atoms with van der Waals surface area (Å²) in [6, 6.07) is 5.96. The highest BCUT2D eigenvalue weighted by Crippen LogP contribution is 2.22. The molecule has 1 fully saturated rings. The van der Waals surface area contributed by atoms with Crippen molar-refractivity contribution < 1.29 is 9.53 Å². The highest BCUT2D eigenvalue weighted by Gasteiger charge is 2.25. The number of aryl methyl sites for hydroxylation is 1. The third kappa shape index (κ3) is 3.26. The first kappa shape index (κ1) is 13.9. The van der Waals surface area contributed by atoms with E-state index in [0.717, 1.165) is 36.1 Å². The predicted molar refractivity (Wildman–Crippen MR) is 76.6 cm³/mol. The number of rotatable bonds is 4. The molecule has 1 aromatic carbocycles. The van der Waals surface area contributed by atoms with Gasteiger partial charge in [-0.2, -0.15) is 0 Å². The zero-order chi connectivity index (χ0) is 13.8. The van der Waals surface area contributed by atoms with Crippen LogP contribution in [-0.2, 0) is 4.74 Å². The van der Waals surface area contributed by atoms with Crippen molar-refractivity contribution in [1.82, 2.24) is 5.32 Å². The maximum atomic E-state index is 12.2. The van der Waals surface area contributed by atoms with Crippen molar-refractivity contribution in [2.75, 3.05) is 19.5 Å². The largest absolute Gasteiger partial charge is 0.388 e. The Hall–Kier alpha value is -1.55. The van der Waals surface area contributed by atoms with Gasteiger partial charge in [-0.3, -0.25) is 4.79 Å². The molecule has 1 saturated carbocycles. The quantitative estimate of drug-likeness (QED) is 0.875. The van der Waals surface area contributed by atoms with Crippen molar-refractivity contribution in [3.05, 3.63) is 29.3 Å². The normalized spacial score (nSPS) is 22.3. The van der Waals surface area contributed by atoms with Crippen molar-refractivity contribution in [1.29, 1.82) is 0 Å². The first-order chi connectivity index (χ1) is 9.13.